The second-order valence-electron chi connectivity index (χ2n) is 4.64. The molecule has 2 rings (SSSR count). The van der Waals surface area contributed by atoms with Gasteiger partial charge in [-0.3, -0.25) is 0 Å². The molecule has 19 heavy (non-hydrogen) atoms. The van der Waals surface area contributed by atoms with Gasteiger partial charge >= 0.3 is 0 Å². The molecular formula is C12H19ClFN3O2. The van der Waals surface area contributed by atoms with Gasteiger partial charge in [-0.1, -0.05) is 12.1 Å². The second kappa shape index (κ2) is 6.60. The van der Waals surface area contributed by atoms with Gasteiger partial charge < -0.3 is 26.0 Å². The van der Waals surface area contributed by atoms with Gasteiger partial charge in [0.15, 0.2) is 12.3 Å². The molecule has 0 amide bonds. The number of benzene rings is 1. The van der Waals surface area contributed by atoms with Crippen LogP contribution in [0.15, 0.2) is 24.3 Å². The largest absolute Gasteiger partial charge is 0.632 e. The summed E-state index contributed by atoms with van der Waals surface area (Å²) in [5.41, 5.74) is 5.98. The summed E-state index contributed by atoms with van der Waals surface area (Å²) in [7, 11) is 0. The zero-order chi connectivity index (χ0) is 13.2. The number of hydrogen-bond acceptors (Lipinski definition) is 4. The zero-order valence-corrected chi connectivity index (χ0v) is 11.3. The molecule has 0 aliphatic carbocycles. The summed E-state index contributed by atoms with van der Waals surface area (Å²) in [5, 5.41) is 25.5. The molecule has 1 heterocycles. The summed E-state index contributed by atoms with van der Waals surface area (Å²) in [6.07, 6.45) is -1.30. The number of quaternary nitrogens is 1. The third-order valence-corrected chi connectivity index (χ3v) is 3.35. The summed E-state index contributed by atoms with van der Waals surface area (Å²) in [6.45, 7) is 1.77. The molecule has 1 aliphatic rings. The van der Waals surface area contributed by atoms with E-state index in [4.69, 9.17) is 5.73 Å². The molecule has 1 aromatic carbocycles. The lowest BCUT2D eigenvalue weighted by atomic mass is 10.0. The molecule has 2 unspecified atom stereocenters. The number of piperazine rings is 1. The molecule has 1 aromatic rings. The van der Waals surface area contributed by atoms with Gasteiger partial charge in [0, 0.05) is 18.7 Å². The van der Waals surface area contributed by atoms with Crippen LogP contribution in [0.5, 0.6) is 0 Å². The van der Waals surface area contributed by atoms with Gasteiger partial charge in [-0.2, -0.15) is 0 Å². The first-order valence-electron chi connectivity index (χ1n) is 6.00. The van der Waals surface area contributed by atoms with Crippen LogP contribution < -0.4 is 11.1 Å². The minimum absolute atomic E-state index is 0. The van der Waals surface area contributed by atoms with Crippen LogP contribution in [0, 0.1) is 11.0 Å². The van der Waals surface area contributed by atoms with Gasteiger partial charge in [0.25, 0.3) is 0 Å². The number of hydroxylamine groups is 3. The summed E-state index contributed by atoms with van der Waals surface area (Å²) >= 11 is 0. The Balaban J connectivity index is 0.00000180. The zero-order valence-electron chi connectivity index (χ0n) is 10.5. The first kappa shape index (κ1) is 16.3. The Morgan fingerprint density at radius 3 is 2.53 bits per heavy atom. The maximum Gasteiger partial charge on any atom is 0.159 e. The monoisotopic (exact) mass is 291 g/mol. The Kier molecular flexibility index (Phi) is 5.66. The Morgan fingerprint density at radius 2 is 2.00 bits per heavy atom. The van der Waals surface area contributed by atoms with Crippen LogP contribution >= 0.6 is 12.4 Å². The van der Waals surface area contributed by atoms with E-state index in [2.05, 4.69) is 5.32 Å². The predicted molar refractivity (Wildman–Crippen MR) is 72.8 cm³/mol. The minimum Gasteiger partial charge on any atom is -0.632 e. The third-order valence-electron chi connectivity index (χ3n) is 3.35. The molecule has 7 heteroatoms. The molecule has 4 N–H and O–H groups in total. The highest BCUT2D eigenvalue weighted by Gasteiger charge is 2.36. The topological polar surface area (TPSA) is 81.3 Å². The fourth-order valence-corrected chi connectivity index (χ4v) is 2.49. The Bertz CT molecular complexity index is 414. The van der Waals surface area contributed by atoms with Crippen molar-refractivity contribution in [3.63, 3.8) is 0 Å². The van der Waals surface area contributed by atoms with Gasteiger partial charge in [-0.15, -0.1) is 12.4 Å². The van der Waals surface area contributed by atoms with Crippen LogP contribution in [0.3, 0.4) is 0 Å². The number of aliphatic hydroxyl groups is 1. The summed E-state index contributed by atoms with van der Waals surface area (Å²) in [4.78, 5) is 0. The lowest BCUT2D eigenvalue weighted by Crippen LogP contribution is -2.60. The highest BCUT2D eigenvalue weighted by Crippen LogP contribution is 2.30. The highest BCUT2D eigenvalue weighted by atomic mass is 35.5. The molecule has 2 atom stereocenters. The van der Waals surface area contributed by atoms with E-state index in [0.717, 1.165) is 0 Å². The summed E-state index contributed by atoms with van der Waals surface area (Å²) < 4.78 is 12.6. The number of nitrogens with two attached hydrogens (primary N) is 1. The van der Waals surface area contributed by atoms with E-state index < -0.39 is 22.7 Å². The van der Waals surface area contributed by atoms with Crippen LogP contribution in [-0.2, 0) is 0 Å². The van der Waals surface area contributed by atoms with E-state index in [1.165, 1.54) is 18.2 Å². The van der Waals surface area contributed by atoms with E-state index in [-0.39, 0.29) is 12.4 Å². The summed E-state index contributed by atoms with van der Waals surface area (Å²) in [6, 6.07) is 4.87. The van der Waals surface area contributed by atoms with Gasteiger partial charge in [-0.25, -0.2) is 4.39 Å². The van der Waals surface area contributed by atoms with Crippen LogP contribution in [0.25, 0.3) is 0 Å². The maximum absolute atomic E-state index is 13.2. The fraction of sp³-hybridized carbons (Fsp3) is 0.500. The van der Waals surface area contributed by atoms with Crippen molar-refractivity contribution in [2.45, 2.75) is 12.3 Å². The molecule has 0 bridgehead atoms. The SMILES string of the molecule is Cl.NC(O)C(c1cccc(F)c1)[N+]1([O-])CCNCC1. The molecule has 1 saturated heterocycles. The molecule has 1 fully saturated rings. The Hall–Kier alpha value is -0.760. The molecule has 108 valence electrons. The van der Waals surface area contributed by atoms with Crippen molar-refractivity contribution in [1.82, 2.24) is 5.32 Å². The van der Waals surface area contributed by atoms with Gasteiger partial charge in [0.1, 0.15) is 5.82 Å². The van der Waals surface area contributed by atoms with E-state index in [1.807, 2.05) is 0 Å². The van der Waals surface area contributed by atoms with Crippen LogP contribution in [0.2, 0.25) is 0 Å². The van der Waals surface area contributed by atoms with Crippen molar-refractivity contribution >= 4 is 12.4 Å². The molecule has 0 spiro atoms. The van der Waals surface area contributed by atoms with Crippen molar-refractivity contribution < 1.29 is 14.1 Å². The van der Waals surface area contributed by atoms with E-state index in [1.54, 1.807) is 6.07 Å². The molecule has 0 aromatic heterocycles. The quantitative estimate of drug-likeness (QED) is 0.430. The van der Waals surface area contributed by atoms with Crippen LogP contribution in [0.1, 0.15) is 11.6 Å². The smallest absolute Gasteiger partial charge is 0.159 e. The lowest BCUT2D eigenvalue weighted by molar-refractivity contribution is -0.917. The number of aliphatic hydroxyl groups excluding tert-OH is 1. The number of nitrogens with zero attached hydrogens (tertiary/aromatic N) is 1. The Labute approximate surface area is 117 Å². The van der Waals surface area contributed by atoms with Crippen LogP contribution in [-0.4, -0.2) is 42.2 Å². The van der Waals surface area contributed by atoms with Gasteiger partial charge in [0.2, 0.25) is 0 Å². The average Bonchev–Trinajstić information content (AvgIpc) is 2.29. The third kappa shape index (κ3) is 3.62. The first-order valence-corrected chi connectivity index (χ1v) is 6.00. The molecule has 0 radical (unpaired) electrons. The van der Waals surface area contributed by atoms with E-state index in [9.17, 15) is 14.7 Å². The van der Waals surface area contributed by atoms with E-state index >= 15 is 0 Å². The van der Waals surface area contributed by atoms with Crippen molar-refractivity contribution in [3.05, 3.63) is 40.9 Å². The lowest BCUT2D eigenvalue weighted by Gasteiger charge is -2.51. The molecule has 1 aliphatic heterocycles. The van der Waals surface area contributed by atoms with Gasteiger partial charge in [-0.05, 0) is 12.1 Å². The molecular weight excluding hydrogens is 273 g/mol. The van der Waals surface area contributed by atoms with Crippen molar-refractivity contribution in [2.75, 3.05) is 26.2 Å². The standard InChI is InChI=1S/C12H18FN3O2.ClH/c13-10-3-1-2-9(8-10)11(12(14)17)16(18)6-4-15-5-7-16;/h1-3,8,11-12,15,17H,4-7,14H2;1H. The van der Waals surface area contributed by atoms with Crippen LogP contribution in [0.4, 0.5) is 4.39 Å². The fourth-order valence-electron chi connectivity index (χ4n) is 2.49. The number of nitrogens with one attached hydrogen (secondary N) is 1. The number of halogens is 2. The number of rotatable bonds is 3. The van der Waals surface area contributed by atoms with E-state index in [0.29, 0.717) is 31.7 Å². The average molecular weight is 292 g/mol. The minimum atomic E-state index is -1.30. The van der Waals surface area contributed by atoms with Crippen molar-refractivity contribution in [2.24, 2.45) is 5.73 Å². The van der Waals surface area contributed by atoms with Gasteiger partial charge in [0.05, 0.1) is 13.1 Å². The normalized spacial score (nSPS) is 21.3. The number of hydrogen-bond donors (Lipinski definition) is 3. The molecule has 0 saturated carbocycles. The Morgan fingerprint density at radius 1 is 1.37 bits per heavy atom. The maximum atomic E-state index is 13.2. The molecule has 5 nitrogen and oxygen atoms in total. The highest BCUT2D eigenvalue weighted by molar-refractivity contribution is 5.85. The summed E-state index contributed by atoms with van der Waals surface area (Å²) in [5.74, 6) is -0.431. The van der Waals surface area contributed by atoms with Crippen molar-refractivity contribution in [3.8, 4) is 0 Å². The van der Waals surface area contributed by atoms with Crippen molar-refractivity contribution in [1.29, 1.82) is 0 Å². The predicted octanol–water partition coefficient (Wildman–Crippen LogP) is 0.483. The first-order chi connectivity index (χ1) is 8.53. The second-order valence-corrected chi connectivity index (χ2v) is 4.64.